The van der Waals surface area contributed by atoms with Crippen LogP contribution in [0.1, 0.15) is 46.9 Å². The van der Waals surface area contributed by atoms with Gasteiger partial charge in [0.25, 0.3) is 0 Å². The second-order valence-corrected chi connectivity index (χ2v) is 9.30. The van der Waals surface area contributed by atoms with Crippen LogP contribution in [0.3, 0.4) is 0 Å². The van der Waals surface area contributed by atoms with Gasteiger partial charge in [-0.3, -0.25) is 4.79 Å². The number of carbonyl (C=O) groups excluding carboxylic acids is 1. The molecule has 2 aromatic heterocycles. The van der Waals surface area contributed by atoms with E-state index in [-0.39, 0.29) is 17.4 Å². The second kappa shape index (κ2) is 8.27. The molecule has 3 aromatic rings. The molecule has 0 spiro atoms. The number of hydrogen-bond donors (Lipinski definition) is 2. The van der Waals surface area contributed by atoms with Gasteiger partial charge in [-0.1, -0.05) is 19.1 Å². The van der Waals surface area contributed by atoms with Crippen molar-refractivity contribution in [1.29, 1.82) is 0 Å². The van der Waals surface area contributed by atoms with Gasteiger partial charge in [0.1, 0.15) is 23.3 Å². The first-order valence-electron chi connectivity index (χ1n) is 11.6. The number of aromatic hydroxyl groups is 1. The maximum Gasteiger partial charge on any atom is 0.172 e. The summed E-state index contributed by atoms with van der Waals surface area (Å²) in [5.41, 5.74) is 5.18. The van der Waals surface area contributed by atoms with E-state index in [0.717, 1.165) is 53.9 Å². The SMILES string of the molecule is CC[C@@]12CNc3nnc(-c4cccc(C)c4O)cc3N1C[C@H](Oc1cnc(C=O)c(C)c1C)C2. The number of para-hydroxylation sites is 1. The van der Waals surface area contributed by atoms with Gasteiger partial charge >= 0.3 is 0 Å². The van der Waals surface area contributed by atoms with Gasteiger partial charge < -0.3 is 20.1 Å². The zero-order valence-electron chi connectivity index (χ0n) is 19.9. The van der Waals surface area contributed by atoms with Crippen molar-refractivity contribution in [2.75, 3.05) is 23.3 Å². The molecule has 176 valence electrons. The second-order valence-electron chi connectivity index (χ2n) is 9.30. The van der Waals surface area contributed by atoms with E-state index in [0.29, 0.717) is 29.2 Å². The molecule has 0 aliphatic carbocycles. The minimum absolute atomic E-state index is 0.0429. The number of aryl methyl sites for hydroxylation is 1. The highest BCUT2D eigenvalue weighted by Gasteiger charge is 2.49. The molecule has 4 heterocycles. The van der Waals surface area contributed by atoms with Crippen LogP contribution in [0.2, 0.25) is 0 Å². The Morgan fingerprint density at radius 1 is 1.26 bits per heavy atom. The number of phenolic OH excluding ortho intramolecular Hbond substituents is 1. The molecule has 0 amide bonds. The molecular weight excluding hydrogens is 430 g/mol. The molecule has 0 unspecified atom stereocenters. The van der Waals surface area contributed by atoms with Crippen LogP contribution < -0.4 is 15.0 Å². The molecule has 8 nitrogen and oxygen atoms in total. The molecule has 1 aromatic carbocycles. The number of nitrogens with zero attached hydrogens (tertiary/aromatic N) is 4. The molecule has 5 rings (SSSR count). The van der Waals surface area contributed by atoms with Crippen molar-refractivity contribution >= 4 is 17.8 Å². The summed E-state index contributed by atoms with van der Waals surface area (Å²) in [7, 11) is 0. The van der Waals surface area contributed by atoms with Crippen molar-refractivity contribution in [1.82, 2.24) is 15.2 Å². The number of rotatable bonds is 5. The standard InChI is InChI=1S/C26H29N5O3/c1-5-26-10-18(34-23-11-27-21(13-32)16(3)17(23)4)12-31(26)22-9-20(29-30-25(22)28-14-26)19-8-6-7-15(2)24(19)33/h6-9,11,13,18,33H,5,10,12,14H2,1-4H3,(H,28,30)/t18-,26-/m1/s1. The summed E-state index contributed by atoms with van der Waals surface area (Å²) in [6.45, 7) is 9.37. The number of nitrogens with one attached hydrogen (secondary N) is 1. The van der Waals surface area contributed by atoms with E-state index in [9.17, 15) is 9.90 Å². The Kier molecular flexibility index (Phi) is 5.38. The summed E-state index contributed by atoms with van der Waals surface area (Å²) in [5.74, 6) is 1.68. The third-order valence-corrected chi connectivity index (χ3v) is 7.43. The lowest BCUT2D eigenvalue weighted by molar-refractivity contribution is 0.111. The van der Waals surface area contributed by atoms with Crippen LogP contribution in [0.4, 0.5) is 11.5 Å². The molecule has 0 radical (unpaired) electrons. The van der Waals surface area contributed by atoms with Crippen LogP contribution >= 0.6 is 0 Å². The summed E-state index contributed by atoms with van der Waals surface area (Å²) in [5, 5.41) is 22.9. The maximum atomic E-state index is 11.2. The van der Waals surface area contributed by atoms with E-state index in [1.54, 1.807) is 6.20 Å². The molecule has 8 heteroatoms. The quantitative estimate of drug-likeness (QED) is 0.547. The van der Waals surface area contributed by atoms with Crippen molar-refractivity contribution < 1.29 is 14.6 Å². The average molecular weight is 460 g/mol. The zero-order valence-corrected chi connectivity index (χ0v) is 19.9. The van der Waals surface area contributed by atoms with Crippen LogP contribution in [-0.4, -0.2) is 51.3 Å². The minimum Gasteiger partial charge on any atom is -0.507 e. The predicted molar refractivity (Wildman–Crippen MR) is 131 cm³/mol. The highest BCUT2D eigenvalue weighted by Crippen LogP contribution is 2.45. The Morgan fingerprint density at radius 2 is 2.09 bits per heavy atom. The van der Waals surface area contributed by atoms with Crippen molar-refractivity contribution in [2.45, 2.75) is 52.2 Å². The lowest BCUT2D eigenvalue weighted by Gasteiger charge is -2.43. The fourth-order valence-corrected chi connectivity index (χ4v) is 5.13. The zero-order chi connectivity index (χ0) is 24.0. The van der Waals surface area contributed by atoms with Gasteiger partial charge in [0.05, 0.1) is 29.7 Å². The molecule has 0 bridgehead atoms. The largest absolute Gasteiger partial charge is 0.507 e. The molecule has 2 N–H and O–H groups in total. The van der Waals surface area contributed by atoms with Gasteiger partial charge in [-0.05, 0) is 56.0 Å². The van der Waals surface area contributed by atoms with Crippen molar-refractivity contribution in [3.63, 3.8) is 0 Å². The number of benzene rings is 1. The van der Waals surface area contributed by atoms with Gasteiger partial charge in [0.2, 0.25) is 0 Å². The van der Waals surface area contributed by atoms with Gasteiger partial charge in [-0.2, -0.15) is 0 Å². The average Bonchev–Trinajstić information content (AvgIpc) is 3.23. The Bertz CT molecular complexity index is 1280. The first-order chi connectivity index (χ1) is 16.4. The highest BCUT2D eigenvalue weighted by molar-refractivity contribution is 5.78. The molecule has 34 heavy (non-hydrogen) atoms. The number of ether oxygens (including phenoxy) is 1. The third-order valence-electron chi connectivity index (χ3n) is 7.43. The lowest BCUT2D eigenvalue weighted by Crippen LogP contribution is -2.52. The number of aromatic nitrogens is 3. The normalized spacial score (nSPS) is 20.9. The fourth-order valence-electron chi connectivity index (χ4n) is 5.13. The monoisotopic (exact) mass is 459 g/mol. The van der Waals surface area contributed by atoms with Crippen LogP contribution in [0.15, 0.2) is 30.5 Å². The summed E-state index contributed by atoms with van der Waals surface area (Å²) >= 11 is 0. The molecule has 2 aliphatic heterocycles. The van der Waals surface area contributed by atoms with Crippen molar-refractivity contribution in [3.8, 4) is 22.8 Å². The van der Waals surface area contributed by atoms with Gasteiger partial charge in [-0.15, -0.1) is 10.2 Å². The first-order valence-corrected chi connectivity index (χ1v) is 11.6. The van der Waals surface area contributed by atoms with Crippen LogP contribution in [0.25, 0.3) is 11.3 Å². The van der Waals surface area contributed by atoms with Crippen molar-refractivity contribution in [2.24, 2.45) is 0 Å². The molecule has 1 saturated heterocycles. The number of phenols is 1. The van der Waals surface area contributed by atoms with E-state index in [1.807, 2.05) is 45.0 Å². The molecular formula is C26H29N5O3. The third kappa shape index (κ3) is 3.45. The number of anilines is 2. The topological polar surface area (TPSA) is 100 Å². The van der Waals surface area contributed by atoms with Gasteiger partial charge in [0.15, 0.2) is 12.1 Å². The number of carbonyl (C=O) groups is 1. The predicted octanol–water partition coefficient (Wildman–Crippen LogP) is 4.21. The summed E-state index contributed by atoms with van der Waals surface area (Å²) in [6.07, 6.45) is 4.17. The number of hydrogen-bond acceptors (Lipinski definition) is 8. The van der Waals surface area contributed by atoms with E-state index in [1.165, 1.54) is 0 Å². The van der Waals surface area contributed by atoms with E-state index >= 15 is 0 Å². The van der Waals surface area contributed by atoms with Crippen molar-refractivity contribution in [3.05, 3.63) is 52.8 Å². The van der Waals surface area contributed by atoms with Crippen LogP contribution in [-0.2, 0) is 0 Å². The first kappa shape index (κ1) is 22.1. The Hall–Kier alpha value is -3.68. The summed E-state index contributed by atoms with van der Waals surface area (Å²) in [4.78, 5) is 17.9. The maximum absolute atomic E-state index is 11.2. The molecule has 1 fully saturated rings. The molecule has 2 aliphatic rings. The molecule has 0 saturated carbocycles. The smallest absolute Gasteiger partial charge is 0.172 e. The lowest BCUT2D eigenvalue weighted by atomic mass is 9.90. The van der Waals surface area contributed by atoms with Crippen LogP contribution in [0, 0.1) is 20.8 Å². The molecule has 2 atom stereocenters. The van der Waals surface area contributed by atoms with Gasteiger partial charge in [0, 0.05) is 18.5 Å². The van der Waals surface area contributed by atoms with E-state index in [4.69, 9.17) is 4.74 Å². The fraction of sp³-hybridized carbons (Fsp3) is 0.385. The minimum atomic E-state index is -0.119. The Morgan fingerprint density at radius 3 is 2.85 bits per heavy atom. The van der Waals surface area contributed by atoms with Crippen LogP contribution in [0.5, 0.6) is 11.5 Å². The highest BCUT2D eigenvalue weighted by atomic mass is 16.5. The van der Waals surface area contributed by atoms with E-state index in [2.05, 4.69) is 32.3 Å². The number of pyridine rings is 1. The van der Waals surface area contributed by atoms with Gasteiger partial charge in [-0.25, -0.2) is 4.98 Å². The summed E-state index contributed by atoms with van der Waals surface area (Å²) < 4.78 is 6.45. The summed E-state index contributed by atoms with van der Waals surface area (Å²) in [6, 6.07) is 7.65. The Labute approximate surface area is 199 Å². The number of aldehydes is 1. The Balaban J connectivity index is 1.48. The van der Waals surface area contributed by atoms with E-state index < -0.39 is 0 Å². The number of fused-ring (bicyclic) bond motifs is 3.